The molecule has 18 heavy (non-hydrogen) atoms. The lowest BCUT2D eigenvalue weighted by Crippen LogP contribution is -2.23. The quantitative estimate of drug-likeness (QED) is 0.901. The van der Waals surface area contributed by atoms with Crippen molar-refractivity contribution in [3.63, 3.8) is 0 Å². The van der Waals surface area contributed by atoms with Gasteiger partial charge in [-0.1, -0.05) is 18.2 Å². The molecule has 0 amide bonds. The van der Waals surface area contributed by atoms with Gasteiger partial charge in [0.25, 0.3) is 0 Å². The Hall–Kier alpha value is -1.79. The van der Waals surface area contributed by atoms with Crippen molar-refractivity contribution in [3.05, 3.63) is 53.9 Å². The highest BCUT2D eigenvalue weighted by atomic mass is 32.2. The van der Waals surface area contributed by atoms with Crippen molar-refractivity contribution < 1.29 is 8.42 Å². The first-order valence-corrected chi connectivity index (χ1v) is 6.90. The van der Waals surface area contributed by atoms with Gasteiger partial charge in [0.15, 0.2) is 0 Å². The molecule has 6 heteroatoms. The summed E-state index contributed by atoms with van der Waals surface area (Å²) in [5, 5.41) is 7.77. The predicted octanol–water partition coefficient (Wildman–Crippen LogP) is 1.26. The molecular weight excluding hydrogens is 250 g/mol. The second kappa shape index (κ2) is 5.24. The third-order valence-corrected chi connectivity index (χ3v) is 3.77. The van der Waals surface area contributed by atoms with E-state index in [2.05, 4.69) is 14.9 Å². The number of nitrogens with one attached hydrogen (secondary N) is 1. The maximum Gasteiger partial charge on any atom is 0.240 e. The van der Waals surface area contributed by atoms with Crippen molar-refractivity contribution in [2.45, 2.75) is 18.4 Å². The third kappa shape index (κ3) is 3.12. The molecule has 0 atom stereocenters. The Kier molecular flexibility index (Phi) is 3.69. The van der Waals surface area contributed by atoms with Crippen LogP contribution in [0.2, 0.25) is 0 Å². The zero-order chi connectivity index (χ0) is 13.0. The summed E-state index contributed by atoms with van der Waals surface area (Å²) in [5.41, 5.74) is 1.38. The van der Waals surface area contributed by atoms with Crippen molar-refractivity contribution in [2.24, 2.45) is 0 Å². The van der Waals surface area contributed by atoms with Gasteiger partial charge in [-0.2, -0.15) is 10.2 Å². The van der Waals surface area contributed by atoms with E-state index in [0.717, 1.165) is 5.69 Å². The largest absolute Gasteiger partial charge is 0.240 e. The van der Waals surface area contributed by atoms with Crippen LogP contribution in [0.3, 0.4) is 0 Å². The molecule has 1 N–H and O–H groups in total. The number of hydrogen-bond donors (Lipinski definition) is 1. The predicted molar refractivity (Wildman–Crippen MR) is 67.2 cm³/mol. The van der Waals surface area contributed by atoms with Gasteiger partial charge < -0.3 is 0 Å². The number of aromatic nitrogens is 2. The van der Waals surface area contributed by atoms with E-state index in [1.54, 1.807) is 42.5 Å². The molecule has 94 valence electrons. The number of aryl methyl sites for hydroxylation is 1. The van der Waals surface area contributed by atoms with Gasteiger partial charge in [-0.15, -0.1) is 0 Å². The van der Waals surface area contributed by atoms with Crippen LogP contribution in [-0.4, -0.2) is 18.6 Å². The van der Waals surface area contributed by atoms with Gasteiger partial charge in [-0.05, 0) is 31.2 Å². The lowest BCUT2D eigenvalue weighted by Gasteiger charge is -2.05. The minimum atomic E-state index is -3.49. The zero-order valence-corrected chi connectivity index (χ0v) is 10.7. The van der Waals surface area contributed by atoms with Gasteiger partial charge in [0.1, 0.15) is 0 Å². The Morgan fingerprint density at radius 1 is 1.06 bits per heavy atom. The SMILES string of the molecule is Cc1ccc(CNS(=O)(=O)c2ccccc2)nn1. The van der Waals surface area contributed by atoms with Crippen LogP contribution in [-0.2, 0) is 16.6 Å². The lowest BCUT2D eigenvalue weighted by atomic mass is 10.3. The van der Waals surface area contributed by atoms with E-state index in [4.69, 9.17) is 0 Å². The minimum Gasteiger partial charge on any atom is -0.207 e. The number of nitrogens with zero attached hydrogens (tertiary/aromatic N) is 2. The number of benzene rings is 1. The first-order chi connectivity index (χ1) is 8.58. The lowest BCUT2D eigenvalue weighted by molar-refractivity contribution is 0.580. The molecule has 0 fully saturated rings. The normalized spacial score (nSPS) is 11.4. The maximum absolute atomic E-state index is 11.9. The molecule has 0 spiro atoms. The first-order valence-electron chi connectivity index (χ1n) is 5.42. The van der Waals surface area contributed by atoms with Crippen LogP contribution in [0.1, 0.15) is 11.4 Å². The molecule has 0 radical (unpaired) electrons. The van der Waals surface area contributed by atoms with Gasteiger partial charge in [0.2, 0.25) is 10.0 Å². The van der Waals surface area contributed by atoms with Gasteiger partial charge in [0, 0.05) is 0 Å². The number of rotatable bonds is 4. The monoisotopic (exact) mass is 263 g/mol. The smallest absolute Gasteiger partial charge is 0.207 e. The Morgan fingerprint density at radius 2 is 1.78 bits per heavy atom. The van der Waals surface area contributed by atoms with Crippen LogP contribution >= 0.6 is 0 Å². The van der Waals surface area contributed by atoms with E-state index in [0.29, 0.717) is 5.69 Å². The number of sulfonamides is 1. The Labute approximate surface area is 106 Å². The van der Waals surface area contributed by atoms with Crippen molar-refractivity contribution in [1.29, 1.82) is 0 Å². The van der Waals surface area contributed by atoms with Crippen LogP contribution in [0.4, 0.5) is 0 Å². The summed E-state index contributed by atoms with van der Waals surface area (Å²) < 4.78 is 26.3. The molecule has 0 bridgehead atoms. The van der Waals surface area contributed by atoms with Crippen molar-refractivity contribution in [1.82, 2.24) is 14.9 Å². The van der Waals surface area contributed by atoms with E-state index in [9.17, 15) is 8.42 Å². The average molecular weight is 263 g/mol. The molecule has 1 aromatic heterocycles. The van der Waals surface area contributed by atoms with Gasteiger partial charge in [0.05, 0.1) is 22.8 Å². The van der Waals surface area contributed by atoms with E-state index in [-0.39, 0.29) is 11.4 Å². The molecule has 0 aliphatic heterocycles. The summed E-state index contributed by atoms with van der Waals surface area (Å²) in [5.74, 6) is 0. The standard InChI is InChI=1S/C12H13N3O2S/c1-10-7-8-11(15-14-10)9-13-18(16,17)12-5-3-2-4-6-12/h2-8,13H,9H2,1H3. The molecule has 0 saturated carbocycles. The minimum absolute atomic E-state index is 0.129. The van der Waals surface area contributed by atoms with Crippen LogP contribution in [0.5, 0.6) is 0 Å². The van der Waals surface area contributed by atoms with Crippen molar-refractivity contribution in [2.75, 3.05) is 0 Å². The molecule has 0 aliphatic carbocycles. The average Bonchev–Trinajstić information content (AvgIpc) is 2.39. The van der Waals surface area contributed by atoms with Crippen LogP contribution < -0.4 is 4.72 Å². The molecule has 2 aromatic rings. The molecule has 0 unspecified atom stereocenters. The fourth-order valence-corrected chi connectivity index (χ4v) is 2.39. The molecule has 1 aromatic carbocycles. The topological polar surface area (TPSA) is 72.0 Å². The molecule has 2 rings (SSSR count). The number of hydrogen-bond acceptors (Lipinski definition) is 4. The summed E-state index contributed by atoms with van der Waals surface area (Å²) in [7, 11) is -3.49. The third-order valence-electron chi connectivity index (χ3n) is 2.35. The van der Waals surface area contributed by atoms with Crippen LogP contribution in [0.25, 0.3) is 0 Å². The zero-order valence-electron chi connectivity index (χ0n) is 9.87. The fourth-order valence-electron chi connectivity index (χ4n) is 1.37. The molecule has 5 nitrogen and oxygen atoms in total. The Morgan fingerprint density at radius 3 is 2.39 bits per heavy atom. The molecule has 0 aliphatic rings. The Bertz CT molecular complexity index is 610. The maximum atomic E-state index is 11.9. The highest BCUT2D eigenvalue weighted by Gasteiger charge is 2.12. The van der Waals surface area contributed by atoms with E-state index in [1.807, 2.05) is 6.92 Å². The molecule has 1 heterocycles. The summed E-state index contributed by atoms with van der Waals surface area (Å²) in [6.07, 6.45) is 0. The van der Waals surface area contributed by atoms with Gasteiger partial charge in [-0.25, -0.2) is 13.1 Å². The second-order valence-corrected chi connectivity index (χ2v) is 5.57. The van der Waals surface area contributed by atoms with Crippen molar-refractivity contribution >= 4 is 10.0 Å². The molecular formula is C12H13N3O2S. The summed E-state index contributed by atoms with van der Waals surface area (Å²) in [4.78, 5) is 0.241. The summed E-state index contributed by atoms with van der Waals surface area (Å²) >= 11 is 0. The Balaban J connectivity index is 2.08. The van der Waals surface area contributed by atoms with E-state index >= 15 is 0 Å². The van der Waals surface area contributed by atoms with E-state index < -0.39 is 10.0 Å². The van der Waals surface area contributed by atoms with E-state index in [1.165, 1.54) is 0 Å². The summed E-state index contributed by atoms with van der Waals surface area (Å²) in [6.45, 7) is 1.95. The van der Waals surface area contributed by atoms with Crippen molar-refractivity contribution in [3.8, 4) is 0 Å². The highest BCUT2D eigenvalue weighted by molar-refractivity contribution is 7.89. The molecule has 0 saturated heterocycles. The summed E-state index contributed by atoms with van der Waals surface area (Å²) in [6, 6.07) is 11.8. The second-order valence-electron chi connectivity index (χ2n) is 3.80. The van der Waals surface area contributed by atoms with Gasteiger partial charge in [-0.3, -0.25) is 0 Å². The fraction of sp³-hybridized carbons (Fsp3) is 0.167. The van der Waals surface area contributed by atoms with Crippen LogP contribution in [0.15, 0.2) is 47.4 Å². The van der Waals surface area contributed by atoms with Gasteiger partial charge >= 0.3 is 0 Å². The highest BCUT2D eigenvalue weighted by Crippen LogP contribution is 2.07. The first kappa shape index (κ1) is 12.7. The van der Waals surface area contributed by atoms with Crippen LogP contribution in [0, 0.1) is 6.92 Å².